The monoisotopic (exact) mass is 185 g/mol. The Morgan fingerprint density at radius 3 is 2.58 bits per heavy atom. The summed E-state index contributed by atoms with van der Waals surface area (Å²) >= 11 is -2.07. The van der Waals surface area contributed by atoms with Crippen molar-refractivity contribution in [2.75, 3.05) is 0 Å². The predicted octanol–water partition coefficient (Wildman–Crippen LogP) is 2.13. The zero-order valence-electron chi connectivity index (χ0n) is 7.59. The maximum Gasteiger partial charge on any atom is 0.0264 e. The zero-order valence-corrected chi connectivity index (χ0v) is 8.40. The highest BCUT2D eigenvalue weighted by Gasteiger charge is 2.14. The predicted molar refractivity (Wildman–Crippen MR) is 49.2 cm³/mol. The molecule has 1 aliphatic carbocycles. The fourth-order valence-electron chi connectivity index (χ4n) is 1.75. The molecule has 0 heterocycles. The van der Waals surface area contributed by atoms with Crippen molar-refractivity contribution in [2.24, 2.45) is 5.92 Å². The Morgan fingerprint density at radius 1 is 1.58 bits per heavy atom. The summed E-state index contributed by atoms with van der Waals surface area (Å²) in [4.78, 5) is 0.508. The molecule has 2 atom stereocenters. The normalized spacial score (nSPS) is 27.0. The lowest BCUT2D eigenvalue weighted by molar-refractivity contribution is 0.542. The van der Waals surface area contributed by atoms with E-state index in [2.05, 4.69) is 6.92 Å². The van der Waals surface area contributed by atoms with Crippen LogP contribution < -0.4 is 0 Å². The molecule has 68 valence electrons. The molecule has 1 aliphatic rings. The summed E-state index contributed by atoms with van der Waals surface area (Å²) in [6.45, 7) is 5.83. The van der Waals surface area contributed by atoms with E-state index in [9.17, 15) is 8.76 Å². The molecule has 0 bridgehead atoms. The molecule has 0 N–H and O–H groups in total. The van der Waals surface area contributed by atoms with Crippen molar-refractivity contribution in [2.45, 2.75) is 27.2 Å². The minimum absolute atomic E-state index is 0.470. The first-order chi connectivity index (χ1) is 5.52. The van der Waals surface area contributed by atoms with Gasteiger partial charge >= 0.3 is 0 Å². The molecule has 0 aromatic heterocycles. The van der Waals surface area contributed by atoms with Crippen LogP contribution in [0.3, 0.4) is 0 Å². The molecule has 12 heavy (non-hydrogen) atoms. The number of rotatable bonds is 1. The van der Waals surface area contributed by atoms with Gasteiger partial charge in [0.2, 0.25) is 0 Å². The third-order valence-corrected chi connectivity index (χ3v) is 3.08. The Bertz CT molecular complexity index is 276. The average Bonchev–Trinajstić information content (AvgIpc) is 1.82. The van der Waals surface area contributed by atoms with E-state index in [1.165, 1.54) is 0 Å². The molecular weight excluding hydrogens is 172 g/mol. The summed E-state index contributed by atoms with van der Waals surface area (Å²) < 4.78 is 21.6. The van der Waals surface area contributed by atoms with Crippen LogP contribution in [0, 0.1) is 5.92 Å². The van der Waals surface area contributed by atoms with Gasteiger partial charge in [-0.05, 0) is 42.8 Å². The average molecular weight is 185 g/mol. The van der Waals surface area contributed by atoms with Crippen LogP contribution >= 0.6 is 0 Å². The van der Waals surface area contributed by atoms with Crippen LogP contribution in [-0.2, 0) is 11.1 Å². The van der Waals surface area contributed by atoms with E-state index in [4.69, 9.17) is 0 Å². The van der Waals surface area contributed by atoms with Gasteiger partial charge in [-0.3, -0.25) is 4.21 Å². The van der Waals surface area contributed by atoms with E-state index in [0.717, 1.165) is 17.6 Å². The largest absolute Gasteiger partial charge is 0.768 e. The van der Waals surface area contributed by atoms with Gasteiger partial charge in [-0.1, -0.05) is 18.6 Å². The second-order valence-corrected chi connectivity index (χ2v) is 4.25. The van der Waals surface area contributed by atoms with Gasteiger partial charge in [-0.2, -0.15) is 0 Å². The summed E-state index contributed by atoms with van der Waals surface area (Å²) in [6.07, 6.45) is 2.87. The van der Waals surface area contributed by atoms with E-state index in [-0.39, 0.29) is 0 Å². The summed E-state index contributed by atoms with van der Waals surface area (Å²) in [5.41, 5.74) is 1.87. The third kappa shape index (κ3) is 1.84. The van der Waals surface area contributed by atoms with E-state index >= 15 is 0 Å². The van der Waals surface area contributed by atoms with Gasteiger partial charge in [-0.25, -0.2) is 0 Å². The first-order valence-corrected chi connectivity index (χ1v) is 5.07. The summed E-state index contributed by atoms with van der Waals surface area (Å²) in [5.74, 6) is 0.470. The van der Waals surface area contributed by atoms with Crippen LogP contribution in [0.1, 0.15) is 27.2 Å². The lowest BCUT2D eigenvalue weighted by atomic mass is 9.93. The second kappa shape index (κ2) is 3.54. The Kier molecular flexibility index (Phi) is 2.85. The fraction of sp³-hybridized carbons (Fsp3) is 0.556. The first-order valence-electron chi connectivity index (χ1n) is 4.00. The van der Waals surface area contributed by atoms with Crippen molar-refractivity contribution < 1.29 is 8.76 Å². The summed E-state index contributed by atoms with van der Waals surface area (Å²) in [7, 11) is 0. The number of hydrogen-bond donors (Lipinski definition) is 0. The molecule has 0 fully saturated rings. The van der Waals surface area contributed by atoms with Crippen molar-refractivity contribution in [3.63, 3.8) is 0 Å². The highest BCUT2D eigenvalue weighted by Crippen LogP contribution is 2.29. The Hall–Kier alpha value is -0.410. The van der Waals surface area contributed by atoms with Gasteiger partial charge < -0.3 is 4.55 Å². The molecule has 3 heteroatoms. The quantitative estimate of drug-likeness (QED) is 0.587. The molecule has 0 aromatic carbocycles. The van der Waals surface area contributed by atoms with Gasteiger partial charge in [-0.15, -0.1) is 0 Å². The molecule has 0 aromatic rings. The van der Waals surface area contributed by atoms with Crippen molar-refractivity contribution in [1.82, 2.24) is 0 Å². The van der Waals surface area contributed by atoms with Crippen LogP contribution in [0.25, 0.3) is 0 Å². The Labute approximate surface area is 75.7 Å². The van der Waals surface area contributed by atoms with Gasteiger partial charge in [0.15, 0.2) is 0 Å². The van der Waals surface area contributed by atoms with Gasteiger partial charge in [0, 0.05) is 4.91 Å². The molecule has 0 saturated carbocycles. The molecule has 2 nitrogen and oxygen atoms in total. The van der Waals surface area contributed by atoms with Crippen molar-refractivity contribution >= 4 is 11.1 Å². The lowest BCUT2D eigenvalue weighted by Gasteiger charge is -2.22. The highest BCUT2D eigenvalue weighted by atomic mass is 32.2. The molecule has 0 radical (unpaired) electrons. The topological polar surface area (TPSA) is 40.1 Å². The van der Waals surface area contributed by atoms with Crippen LogP contribution in [-0.4, -0.2) is 8.76 Å². The molecule has 0 aliphatic heterocycles. The van der Waals surface area contributed by atoms with Gasteiger partial charge in [0.05, 0.1) is 0 Å². The smallest absolute Gasteiger partial charge is 0.0264 e. The minimum atomic E-state index is -2.07. The summed E-state index contributed by atoms with van der Waals surface area (Å²) in [6, 6.07) is 0. The molecule has 0 saturated heterocycles. The Balaban J connectivity index is 3.05. The molecule has 0 spiro atoms. The minimum Gasteiger partial charge on any atom is -0.768 e. The van der Waals surface area contributed by atoms with Gasteiger partial charge in [0.25, 0.3) is 0 Å². The van der Waals surface area contributed by atoms with E-state index in [0.29, 0.717) is 10.8 Å². The SMILES string of the molecule is CC1=CC(C)CC(C)=C1S(=O)[O-]. The first kappa shape index (κ1) is 9.68. The van der Waals surface area contributed by atoms with Crippen molar-refractivity contribution in [1.29, 1.82) is 0 Å². The maximum absolute atomic E-state index is 10.8. The van der Waals surface area contributed by atoms with Crippen LogP contribution in [0.2, 0.25) is 0 Å². The van der Waals surface area contributed by atoms with Crippen molar-refractivity contribution in [3.8, 4) is 0 Å². The zero-order chi connectivity index (χ0) is 9.30. The molecular formula is C9H13O2S-. The van der Waals surface area contributed by atoms with Crippen LogP contribution in [0.15, 0.2) is 22.1 Å². The third-order valence-electron chi connectivity index (χ3n) is 2.08. The number of hydrogen-bond acceptors (Lipinski definition) is 2. The molecule has 2 unspecified atom stereocenters. The highest BCUT2D eigenvalue weighted by molar-refractivity contribution is 7.83. The van der Waals surface area contributed by atoms with E-state index in [1.54, 1.807) is 0 Å². The second-order valence-electron chi connectivity index (χ2n) is 3.38. The standard InChI is InChI=1S/C9H14O2S/c1-6-4-7(2)9(12(10)11)8(3)5-6/h4,6H,5H2,1-3H3,(H,10,11)/p-1. The molecule has 1 rings (SSSR count). The van der Waals surface area contributed by atoms with Crippen LogP contribution in [0.5, 0.6) is 0 Å². The summed E-state index contributed by atoms with van der Waals surface area (Å²) in [5, 5.41) is 0. The molecule has 0 amide bonds. The fourth-order valence-corrected chi connectivity index (χ4v) is 2.45. The maximum atomic E-state index is 10.8. The lowest BCUT2D eigenvalue weighted by Crippen LogP contribution is -2.07. The van der Waals surface area contributed by atoms with E-state index < -0.39 is 11.1 Å². The van der Waals surface area contributed by atoms with Gasteiger partial charge in [0.1, 0.15) is 0 Å². The Morgan fingerprint density at radius 2 is 2.17 bits per heavy atom. The van der Waals surface area contributed by atoms with E-state index in [1.807, 2.05) is 19.9 Å². The number of allylic oxidation sites excluding steroid dienone is 3. The van der Waals surface area contributed by atoms with Crippen molar-refractivity contribution in [3.05, 3.63) is 22.1 Å². The van der Waals surface area contributed by atoms with Crippen LogP contribution in [0.4, 0.5) is 0 Å².